The fourth-order valence-corrected chi connectivity index (χ4v) is 4.22. The van der Waals surface area contributed by atoms with Gasteiger partial charge in [0, 0.05) is 41.9 Å². The molecule has 4 heteroatoms. The predicted octanol–water partition coefficient (Wildman–Crippen LogP) is 4.24. The minimum absolute atomic E-state index is 0.266. The second-order valence-corrected chi connectivity index (χ2v) is 6.97. The van der Waals surface area contributed by atoms with Gasteiger partial charge in [-0.3, -0.25) is 9.55 Å². The van der Waals surface area contributed by atoms with Crippen molar-refractivity contribution in [1.82, 2.24) is 9.55 Å². The molecule has 24 heavy (non-hydrogen) atoms. The van der Waals surface area contributed by atoms with E-state index in [2.05, 4.69) is 17.1 Å². The first-order chi connectivity index (χ1) is 11.8. The lowest BCUT2D eigenvalue weighted by Gasteiger charge is -2.17. The molecule has 4 nitrogen and oxygen atoms in total. The van der Waals surface area contributed by atoms with Crippen LogP contribution in [-0.2, 0) is 13.0 Å². The molecule has 0 radical (unpaired) electrons. The van der Waals surface area contributed by atoms with Crippen LogP contribution in [0.3, 0.4) is 0 Å². The Bertz CT molecular complexity index is 711. The quantitative estimate of drug-likeness (QED) is 0.639. The summed E-state index contributed by atoms with van der Waals surface area (Å²) < 4.78 is 1.72. The zero-order valence-corrected chi connectivity index (χ0v) is 13.9. The van der Waals surface area contributed by atoms with Crippen LogP contribution in [0.4, 0.5) is 0 Å². The number of allylic oxidation sites excluding steroid dienone is 2. The van der Waals surface area contributed by atoms with Gasteiger partial charge in [-0.2, -0.15) is 0 Å². The van der Waals surface area contributed by atoms with Crippen LogP contribution in [0, 0.1) is 0 Å². The summed E-state index contributed by atoms with van der Waals surface area (Å²) in [6.45, 7) is 0.662. The zero-order valence-electron chi connectivity index (χ0n) is 13.9. The van der Waals surface area contributed by atoms with Gasteiger partial charge in [0.05, 0.1) is 0 Å². The fourth-order valence-electron chi connectivity index (χ4n) is 4.22. The highest BCUT2D eigenvalue weighted by atomic mass is 16.3. The molecule has 3 aliphatic rings. The predicted molar refractivity (Wildman–Crippen MR) is 93.4 cm³/mol. The van der Waals surface area contributed by atoms with Crippen LogP contribution < -0.4 is 0 Å². The minimum Gasteiger partial charge on any atom is -0.494 e. The summed E-state index contributed by atoms with van der Waals surface area (Å²) in [5.74, 6) is 1.10. The van der Waals surface area contributed by atoms with Gasteiger partial charge < -0.3 is 10.2 Å². The van der Waals surface area contributed by atoms with Crippen molar-refractivity contribution in [3.05, 3.63) is 53.4 Å². The third-order valence-electron chi connectivity index (χ3n) is 5.48. The second-order valence-electron chi connectivity index (χ2n) is 6.97. The van der Waals surface area contributed by atoms with Crippen molar-refractivity contribution in [3.63, 3.8) is 0 Å². The number of fused-ring (bicyclic) bond motifs is 2. The summed E-state index contributed by atoms with van der Waals surface area (Å²) in [5, 5.41) is 21.4. The standard InChI is InChI=1S/C20H24N2O2/c23-19-17-15-5-3-6-16(8-7-15)18(17)20(24)22(19)13-2-1-4-14-9-11-21-12-10-14/h7-12,15-16,23-24H,1-6,13H2. The highest BCUT2D eigenvalue weighted by Crippen LogP contribution is 2.51. The summed E-state index contributed by atoms with van der Waals surface area (Å²) in [4.78, 5) is 4.03. The topological polar surface area (TPSA) is 58.3 Å². The summed E-state index contributed by atoms with van der Waals surface area (Å²) in [6, 6.07) is 4.08. The number of hydrogen-bond donors (Lipinski definition) is 2. The summed E-state index contributed by atoms with van der Waals surface area (Å²) in [7, 11) is 0. The van der Waals surface area contributed by atoms with Crippen LogP contribution in [0.2, 0.25) is 0 Å². The smallest absolute Gasteiger partial charge is 0.198 e. The Morgan fingerprint density at radius 3 is 2.21 bits per heavy atom. The van der Waals surface area contributed by atoms with Crippen molar-refractivity contribution in [2.75, 3.05) is 0 Å². The largest absolute Gasteiger partial charge is 0.494 e. The second kappa shape index (κ2) is 6.34. The lowest BCUT2D eigenvalue weighted by molar-refractivity contribution is 0.357. The molecule has 2 aromatic rings. The van der Waals surface area contributed by atoms with E-state index in [1.54, 1.807) is 4.57 Å². The van der Waals surface area contributed by atoms with Crippen molar-refractivity contribution in [2.24, 2.45) is 0 Å². The molecule has 0 aliphatic heterocycles. The Hall–Kier alpha value is -2.23. The molecule has 2 unspecified atom stereocenters. The lowest BCUT2D eigenvalue weighted by atomic mass is 9.86. The van der Waals surface area contributed by atoms with Crippen LogP contribution in [-0.4, -0.2) is 19.8 Å². The first-order valence-corrected chi connectivity index (χ1v) is 8.97. The van der Waals surface area contributed by atoms with E-state index in [9.17, 15) is 10.2 Å². The summed E-state index contributed by atoms with van der Waals surface area (Å²) in [5.41, 5.74) is 3.24. The summed E-state index contributed by atoms with van der Waals surface area (Å²) >= 11 is 0. The molecular weight excluding hydrogens is 300 g/mol. The van der Waals surface area contributed by atoms with Gasteiger partial charge in [0.15, 0.2) is 11.8 Å². The van der Waals surface area contributed by atoms with E-state index in [-0.39, 0.29) is 23.6 Å². The van der Waals surface area contributed by atoms with Crippen molar-refractivity contribution in [3.8, 4) is 11.8 Å². The first-order valence-electron chi connectivity index (χ1n) is 8.97. The van der Waals surface area contributed by atoms with Gasteiger partial charge in [0.2, 0.25) is 0 Å². The molecule has 0 aromatic carbocycles. The number of hydrogen-bond acceptors (Lipinski definition) is 3. The third-order valence-corrected chi connectivity index (χ3v) is 5.48. The van der Waals surface area contributed by atoms with Gasteiger partial charge in [0.1, 0.15) is 0 Å². The van der Waals surface area contributed by atoms with Crippen LogP contribution in [0.25, 0.3) is 0 Å². The van der Waals surface area contributed by atoms with Crippen LogP contribution >= 0.6 is 0 Å². The average Bonchev–Trinajstić information content (AvgIpc) is 2.83. The Balaban J connectivity index is 1.47. The van der Waals surface area contributed by atoms with Gasteiger partial charge >= 0.3 is 0 Å². The fraction of sp³-hybridized carbons (Fsp3) is 0.450. The molecule has 0 spiro atoms. The van der Waals surface area contributed by atoms with E-state index in [0.29, 0.717) is 6.54 Å². The van der Waals surface area contributed by atoms with Crippen LogP contribution in [0.15, 0.2) is 36.7 Å². The highest BCUT2D eigenvalue weighted by Gasteiger charge is 2.35. The Morgan fingerprint density at radius 2 is 1.58 bits per heavy atom. The Labute approximate surface area is 142 Å². The molecular formula is C20H24N2O2. The van der Waals surface area contributed by atoms with Crippen molar-refractivity contribution in [1.29, 1.82) is 0 Å². The number of aromatic hydroxyl groups is 2. The normalized spacial score (nSPS) is 21.7. The molecule has 2 bridgehead atoms. The number of nitrogens with zero attached hydrogens (tertiary/aromatic N) is 2. The van der Waals surface area contributed by atoms with E-state index < -0.39 is 0 Å². The Kier molecular flexibility index (Phi) is 4.05. The number of aryl methyl sites for hydroxylation is 1. The van der Waals surface area contributed by atoms with E-state index in [4.69, 9.17) is 0 Å². The SMILES string of the molecule is Oc1c2c(c(O)n1CCCCc1ccncc1)C1C=CC2CCC1. The van der Waals surface area contributed by atoms with Gasteiger partial charge in [-0.25, -0.2) is 0 Å². The molecule has 0 saturated carbocycles. The number of aromatic nitrogens is 2. The molecule has 3 aliphatic carbocycles. The first kappa shape index (κ1) is 15.3. The molecule has 0 fully saturated rings. The van der Waals surface area contributed by atoms with E-state index in [1.165, 1.54) is 5.56 Å². The molecule has 5 rings (SSSR count). The maximum atomic E-state index is 10.7. The van der Waals surface area contributed by atoms with Gasteiger partial charge in [0.25, 0.3) is 0 Å². The number of unbranched alkanes of at least 4 members (excludes halogenated alkanes) is 1. The van der Waals surface area contributed by atoms with E-state index >= 15 is 0 Å². The highest BCUT2D eigenvalue weighted by molar-refractivity contribution is 5.55. The number of pyridine rings is 1. The van der Waals surface area contributed by atoms with Crippen molar-refractivity contribution >= 4 is 0 Å². The zero-order chi connectivity index (χ0) is 16.5. The Morgan fingerprint density at radius 1 is 0.958 bits per heavy atom. The molecule has 2 atom stereocenters. The maximum Gasteiger partial charge on any atom is 0.198 e. The van der Waals surface area contributed by atoms with Crippen LogP contribution in [0.5, 0.6) is 11.8 Å². The lowest BCUT2D eigenvalue weighted by Crippen LogP contribution is -2.02. The van der Waals surface area contributed by atoms with E-state index in [0.717, 1.165) is 49.7 Å². The van der Waals surface area contributed by atoms with Crippen molar-refractivity contribution < 1.29 is 10.2 Å². The minimum atomic E-state index is 0.266. The maximum absolute atomic E-state index is 10.7. The molecule has 2 aromatic heterocycles. The number of rotatable bonds is 5. The van der Waals surface area contributed by atoms with Crippen molar-refractivity contribution in [2.45, 2.75) is 56.9 Å². The van der Waals surface area contributed by atoms with Gasteiger partial charge in [-0.15, -0.1) is 0 Å². The molecule has 0 saturated heterocycles. The third kappa shape index (κ3) is 2.60. The monoisotopic (exact) mass is 324 g/mol. The van der Waals surface area contributed by atoms with Gasteiger partial charge in [-0.1, -0.05) is 18.6 Å². The summed E-state index contributed by atoms with van der Waals surface area (Å²) in [6.07, 6.45) is 14.3. The average molecular weight is 324 g/mol. The molecule has 2 heterocycles. The molecule has 0 amide bonds. The molecule has 2 N–H and O–H groups in total. The van der Waals surface area contributed by atoms with Gasteiger partial charge in [-0.05, 0) is 49.8 Å². The van der Waals surface area contributed by atoms with E-state index in [1.807, 2.05) is 24.5 Å². The molecule has 126 valence electrons. The van der Waals surface area contributed by atoms with Crippen LogP contribution in [0.1, 0.15) is 60.6 Å².